The minimum absolute atomic E-state index is 0.00629. The van der Waals surface area contributed by atoms with Crippen molar-refractivity contribution in [2.75, 3.05) is 0 Å². The van der Waals surface area contributed by atoms with Crippen LogP contribution < -0.4 is 9.78 Å². The summed E-state index contributed by atoms with van der Waals surface area (Å²) in [6.07, 6.45) is 3.62. The van der Waals surface area contributed by atoms with Crippen LogP contribution in [0.2, 0.25) is 0 Å². The zero-order chi connectivity index (χ0) is 19.7. The summed E-state index contributed by atoms with van der Waals surface area (Å²) in [5.41, 5.74) is 1.17. The molecule has 0 unspecified atom stereocenters. The van der Waals surface area contributed by atoms with Gasteiger partial charge in [0, 0.05) is 0 Å². The van der Waals surface area contributed by atoms with Crippen molar-refractivity contribution < 1.29 is 8.42 Å². The number of hydrogen-bond acceptors (Lipinski definition) is 3. The molecule has 0 spiro atoms. The van der Waals surface area contributed by atoms with Gasteiger partial charge in [-0.1, -0.05) is 0 Å². The van der Waals surface area contributed by atoms with Crippen molar-refractivity contribution in [3.05, 3.63) is 119 Å². The van der Waals surface area contributed by atoms with Crippen LogP contribution in [-0.2, 0) is 16.4 Å². The molecule has 0 radical (unpaired) electrons. The number of sulfone groups is 1. The van der Waals surface area contributed by atoms with Gasteiger partial charge in [0.15, 0.2) is 0 Å². The Morgan fingerprint density at radius 1 is 0.821 bits per heavy atom. The molecule has 0 saturated carbocycles. The Kier molecular flexibility index (Phi) is 7.26. The molecule has 0 aliphatic heterocycles. The standard InChI is InChI=1S/C23H21NO2SSe/c25-27(26,21-12-6-2-7-13-21)17-16-23(28-22-14-8-3-9-15-22)19-24-18-20-10-4-1-5-11-20/h1-17,19,24H,18H2/b17-16+,23-19-. The van der Waals surface area contributed by atoms with E-state index in [1.165, 1.54) is 15.4 Å². The summed E-state index contributed by atoms with van der Waals surface area (Å²) in [5, 5.41) is 4.60. The Bertz CT molecular complexity index is 1030. The van der Waals surface area contributed by atoms with Crippen molar-refractivity contribution in [3.8, 4) is 0 Å². The van der Waals surface area contributed by atoms with Gasteiger partial charge in [0.05, 0.1) is 0 Å². The average Bonchev–Trinajstić information content (AvgIpc) is 2.74. The van der Waals surface area contributed by atoms with Crippen LogP contribution in [0.15, 0.2) is 118 Å². The van der Waals surface area contributed by atoms with E-state index in [0.717, 1.165) is 4.47 Å². The molecular formula is C23H21NO2SSe. The quantitative estimate of drug-likeness (QED) is 0.418. The van der Waals surface area contributed by atoms with Crippen molar-refractivity contribution in [2.45, 2.75) is 11.4 Å². The maximum atomic E-state index is 12.6. The fraction of sp³-hybridized carbons (Fsp3) is 0.0435. The fourth-order valence-electron chi connectivity index (χ4n) is 2.45. The molecule has 142 valence electrons. The van der Waals surface area contributed by atoms with Crippen molar-refractivity contribution in [1.82, 2.24) is 5.32 Å². The van der Waals surface area contributed by atoms with E-state index in [9.17, 15) is 8.42 Å². The van der Waals surface area contributed by atoms with Crippen LogP contribution >= 0.6 is 0 Å². The second-order valence-corrected chi connectivity index (χ2v) is 10.2. The molecule has 3 rings (SSSR count). The molecule has 0 saturated heterocycles. The van der Waals surface area contributed by atoms with Gasteiger partial charge in [-0.05, 0) is 0 Å². The van der Waals surface area contributed by atoms with E-state index in [0.29, 0.717) is 11.4 Å². The van der Waals surface area contributed by atoms with Gasteiger partial charge in [0.2, 0.25) is 0 Å². The third-order valence-corrected chi connectivity index (χ3v) is 7.37. The number of hydrogen-bond donors (Lipinski definition) is 1. The van der Waals surface area contributed by atoms with E-state index in [1.807, 2.05) is 42.6 Å². The molecule has 0 bridgehead atoms. The van der Waals surface area contributed by atoms with Crippen LogP contribution in [-0.4, -0.2) is 23.4 Å². The summed E-state index contributed by atoms with van der Waals surface area (Å²) < 4.78 is 27.3. The van der Waals surface area contributed by atoms with Crippen LogP contribution in [0.4, 0.5) is 0 Å². The van der Waals surface area contributed by atoms with E-state index in [2.05, 4.69) is 29.6 Å². The average molecular weight is 454 g/mol. The molecule has 3 nitrogen and oxygen atoms in total. The van der Waals surface area contributed by atoms with Gasteiger partial charge in [-0.2, -0.15) is 0 Å². The summed E-state index contributed by atoms with van der Waals surface area (Å²) in [6, 6.07) is 28.7. The Morgan fingerprint density at radius 2 is 1.39 bits per heavy atom. The van der Waals surface area contributed by atoms with Gasteiger partial charge in [-0.25, -0.2) is 0 Å². The predicted molar refractivity (Wildman–Crippen MR) is 116 cm³/mol. The molecule has 1 N–H and O–H groups in total. The normalized spacial score (nSPS) is 12.2. The molecule has 0 heterocycles. The third kappa shape index (κ3) is 6.24. The maximum absolute atomic E-state index is 12.6. The fourth-order valence-corrected chi connectivity index (χ4v) is 5.43. The van der Waals surface area contributed by atoms with E-state index < -0.39 is 9.84 Å². The Hall–Kier alpha value is -2.59. The van der Waals surface area contributed by atoms with Crippen molar-refractivity contribution in [3.63, 3.8) is 0 Å². The first-order chi connectivity index (χ1) is 13.6. The van der Waals surface area contributed by atoms with Gasteiger partial charge in [0.25, 0.3) is 0 Å². The van der Waals surface area contributed by atoms with E-state index in [4.69, 9.17) is 0 Å². The molecule has 3 aromatic carbocycles. The summed E-state index contributed by atoms with van der Waals surface area (Å²) in [7, 11) is -3.46. The number of nitrogens with one attached hydrogen (secondary N) is 1. The molecule has 0 atom stereocenters. The first-order valence-corrected chi connectivity index (χ1v) is 12.1. The topological polar surface area (TPSA) is 46.2 Å². The Morgan fingerprint density at radius 3 is 2.04 bits per heavy atom. The van der Waals surface area contributed by atoms with Gasteiger partial charge in [0.1, 0.15) is 0 Å². The van der Waals surface area contributed by atoms with Crippen molar-refractivity contribution in [2.24, 2.45) is 0 Å². The van der Waals surface area contributed by atoms with Crippen LogP contribution in [0.1, 0.15) is 5.56 Å². The predicted octanol–water partition coefficient (Wildman–Crippen LogP) is 3.63. The van der Waals surface area contributed by atoms with Crippen LogP contribution in [0, 0.1) is 0 Å². The van der Waals surface area contributed by atoms with Crippen LogP contribution in [0.3, 0.4) is 0 Å². The van der Waals surface area contributed by atoms with Crippen molar-refractivity contribution >= 4 is 29.3 Å². The monoisotopic (exact) mass is 455 g/mol. The second-order valence-electron chi connectivity index (χ2n) is 5.99. The molecule has 0 amide bonds. The zero-order valence-electron chi connectivity index (χ0n) is 15.2. The van der Waals surface area contributed by atoms with E-state index in [-0.39, 0.29) is 15.0 Å². The van der Waals surface area contributed by atoms with Crippen LogP contribution in [0.25, 0.3) is 0 Å². The number of benzene rings is 3. The summed E-state index contributed by atoms with van der Waals surface area (Å²) in [5.74, 6) is 0. The molecule has 28 heavy (non-hydrogen) atoms. The molecule has 0 aliphatic rings. The number of rotatable bonds is 8. The third-order valence-electron chi connectivity index (χ3n) is 3.86. The first-order valence-electron chi connectivity index (χ1n) is 8.82. The Labute approximate surface area is 172 Å². The van der Waals surface area contributed by atoms with Gasteiger partial charge in [-0.15, -0.1) is 0 Å². The van der Waals surface area contributed by atoms with Crippen LogP contribution in [0.5, 0.6) is 0 Å². The van der Waals surface area contributed by atoms with E-state index in [1.54, 1.807) is 36.4 Å². The zero-order valence-corrected chi connectivity index (χ0v) is 17.8. The minimum atomic E-state index is -3.46. The molecule has 0 aliphatic carbocycles. The second kappa shape index (κ2) is 10.1. The number of allylic oxidation sites excluding steroid dienone is 2. The summed E-state index contributed by atoms with van der Waals surface area (Å²) in [6.45, 7) is 0.689. The van der Waals surface area contributed by atoms with Gasteiger partial charge < -0.3 is 0 Å². The van der Waals surface area contributed by atoms with Crippen molar-refractivity contribution in [1.29, 1.82) is 0 Å². The molecular weight excluding hydrogens is 433 g/mol. The molecule has 3 aromatic rings. The SMILES string of the molecule is O=S(=O)(/C=C/C(=C/NCc1ccccc1)[Se]c1ccccc1)c1ccccc1. The molecule has 0 fully saturated rings. The summed E-state index contributed by atoms with van der Waals surface area (Å²) >= 11 is -0.00629. The summed E-state index contributed by atoms with van der Waals surface area (Å²) in [4.78, 5) is 0.301. The Balaban J connectivity index is 1.78. The van der Waals surface area contributed by atoms with Gasteiger partial charge in [-0.3, -0.25) is 0 Å². The van der Waals surface area contributed by atoms with E-state index >= 15 is 0 Å². The molecule has 0 aromatic heterocycles. The van der Waals surface area contributed by atoms with Gasteiger partial charge >= 0.3 is 173 Å². The molecule has 5 heteroatoms. The first kappa shape index (κ1) is 20.2.